The molecule has 0 aliphatic carbocycles. The molecule has 1 aromatic carbocycles. The molecule has 0 saturated carbocycles. The van der Waals surface area contributed by atoms with Crippen molar-refractivity contribution in [2.24, 2.45) is 17.6 Å². The third-order valence-corrected chi connectivity index (χ3v) is 8.98. The van der Waals surface area contributed by atoms with Crippen molar-refractivity contribution in [1.29, 1.82) is 0 Å². The van der Waals surface area contributed by atoms with Crippen LogP contribution in [0.1, 0.15) is 79.7 Å². The van der Waals surface area contributed by atoms with E-state index in [1.54, 1.807) is 71.9 Å². The molecule has 0 aromatic heterocycles. The van der Waals surface area contributed by atoms with Gasteiger partial charge in [0.25, 0.3) is 0 Å². The average molecular weight is 762 g/mol. The minimum atomic E-state index is -1.45. The molecule has 17 nitrogen and oxygen atoms in total. The molecule has 7 atom stereocenters. The van der Waals surface area contributed by atoms with E-state index in [2.05, 4.69) is 26.6 Å². The highest BCUT2D eigenvalue weighted by Crippen LogP contribution is 2.21. The molecule has 0 radical (unpaired) electrons. The fourth-order valence-electron chi connectivity index (χ4n) is 5.87. The first-order chi connectivity index (χ1) is 25.3. The Morgan fingerprint density at radius 3 is 2.11 bits per heavy atom. The van der Waals surface area contributed by atoms with Crippen molar-refractivity contribution in [3.05, 3.63) is 35.9 Å². The number of aliphatic hydroxyl groups is 1. The van der Waals surface area contributed by atoms with Crippen LogP contribution in [-0.2, 0) is 44.7 Å². The number of likely N-dealkylation sites (tertiary alicyclic amines) is 1. The first kappa shape index (κ1) is 45.4. The van der Waals surface area contributed by atoms with E-state index in [0.717, 1.165) is 0 Å². The molecule has 1 unspecified atom stereocenters. The maximum Gasteiger partial charge on any atom is 0.408 e. The number of aliphatic hydroxyl groups excluding tert-OH is 1. The lowest BCUT2D eigenvalue weighted by atomic mass is 9.96. The van der Waals surface area contributed by atoms with E-state index in [1.165, 1.54) is 12.0 Å². The SMILES string of the molecule is CC[C@H](C)[C@H](NC(=O)[C@@H]1CCCN1C(O)CNC(=O)[C@H](Cc1ccccc1)NC(=O)[C@H](CC(N)=O)NC(=O)OC(C)(C)C)C(=O)N[C@H](C(=O)OC)C(C)C. The number of primary amides is 1. The molecule has 2 rings (SSSR count). The number of nitrogens with two attached hydrogens (primary N) is 1. The van der Waals surface area contributed by atoms with Crippen molar-refractivity contribution >= 4 is 41.6 Å². The second kappa shape index (κ2) is 21.2. The number of carbonyl (C=O) groups is 7. The smallest absolute Gasteiger partial charge is 0.408 e. The number of hydrogen-bond donors (Lipinski definition) is 7. The second-order valence-corrected chi connectivity index (χ2v) is 14.9. The molecule has 1 fully saturated rings. The normalized spacial score (nSPS) is 17.9. The summed E-state index contributed by atoms with van der Waals surface area (Å²) in [6, 6.07) is 3.42. The summed E-state index contributed by atoms with van der Waals surface area (Å²) in [5, 5.41) is 24.3. The van der Waals surface area contributed by atoms with E-state index in [-0.39, 0.29) is 24.8 Å². The van der Waals surface area contributed by atoms with Gasteiger partial charge in [-0.15, -0.1) is 0 Å². The van der Waals surface area contributed by atoms with Crippen molar-refractivity contribution in [2.75, 3.05) is 20.2 Å². The third-order valence-electron chi connectivity index (χ3n) is 8.98. The lowest BCUT2D eigenvalue weighted by Crippen LogP contribution is -2.59. The molecular formula is C37H59N7O10. The summed E-state index contributed by atoms with van der Waals surface area (Å²) in [7, 11) is 1.23. The fraction of sp³-hybridized carbons (Fsp3) is 0.649. The lowest BCUT2D eigenvalue weighted by molar-refractivity contribution is -0.147. The van der Waals surface area contributed by atoms with Gasteiger partial charge in [0.2, 0.25) is 29.5 Å². The van der Waals surface area contributed by atoms with E-state index in [4.69, 9.17) is 15.2 Å². The number of ether oxygens (including phenoxy) is 2. The topological polar surface area (TPSA) is 248 Å². The van der Waals surface area contributed by atoms with Crippen LogP contribution in [0.5, 0.6) is 0 Å². The standard InChI is InChI=1S/C37H59N7O10/c1-9-22(4)30(34(50)42-29(21(2)3)35(51)53-8)43-33(49)26-16-13-17-44(26)28(46)20-39-31(47)24(18-23-14-11-10-12-15-23)40-32(48)25(19-27(38)45)41-36(52)54-37(5,6)7/h10-12,14-15,21-22,24-26,28-30,46H,9,13,16-20H2,1-8H3,(H2,38,45)(H,39,47)(H,40,48)(H,41,52)(H,42,50)(H,43,49)/t22-,24-,25-,26-,28?,29-,30-/m0/s1. The molecule has 1 aliphatic rings. The third kappa shape index (κ3) is 14.6. The highest BCUT2D eigenvalue weighted by molar-refractivity contribution is 5.94. The van der Waals surface area contributed by atoms with E-state index in [1.807, 2.05) is 6.92 Å². The zero-order valence-electron chi connectivity index (χ0n) is 32.6. The van der Waals surface area contributed by atoms with Gasteiger partial charge in [-0.1, -0.05) is 64.4 Å². The van der Waals surface area contributed by atoms with Gasteiger partial charge in [-0.05, 0) is 51.0 Å². The summed E-state index contributed by atoms with van der Waals surface area (Å²) in [4.78, 5) is 92.0. The Bertz CT molecular complexity index is 1450. The molecule has 1 heterocycles. The molecular weight excluding hydrogens is 702 g/mol. The number of rotatable bonds is 19. The Hall–Kier alpha value is -4.77. The first-order valence-corrected chi connectivity index (χ1v) is 18.3. The minimum absolute atomic E-state index is 0.0195. The number of nitrogens with zero attached hydrogens (tertiary/aromatic N) is 1. The number of nitrogens with one attached hydrogen (secondary N) is 5. The van der Waals surface area contributed by atoms with Gasteiger partial charge in [0.1, 0.15) is 36.0 Å². The van der Waals surface area contributed by atoms with Crippen LogP contribution >= 0.6 is 0 Å². The second-order valence-electron chi connectivity index (χ2n) is 14.9. The van der Waals surface area contributed by atoms with Crippen LogP contribution in [0.4, 0.5) is 4.79 Å². The molecule has 1 saturated heterocycles. The Labute approximate surface area is 317 Å². The molecule has 8 N–H and O–H groups in total. The largest absolute Gasteiger partial charge is 0.467 e. The summed E-state index contributed by atoms with van der Waals surface area (Å²) >= 11 is 0. The number of amides is 6. The number of hydrogen-bond acceptors (Lipinski definition) is 11. The van der Waals surface area contributed by atoms with Crippen molar-refractivity contribution in [3.63, 3.8) is 0 Å². The van der Waals surface area contributed by atoms with Crippen molar-refractivity contribution < 1.29 is 48.1 Å². The Kier molecular flexibility index (Phi) is 17.8. The number of methoxy groups -OCH3 is 1. The Morgan fingerprint density at radius 2 is 1.56 bits per heavy atom. The van der Waals surface area contributed by atoms with Gasteiger partial charge >= 0.3 is 12.1 Å². The average Bonchev–Trinajstić information content (AvgIpc) is 3.60. The zero-order chi connectivity index (χ0) is 40.7. The maximum atomic E-state index is 13.6. The Morgan fingerprint density at radius 1 is 0.907 bits per heavy atom. The van der Waals surface area contributed by atoms with E-state index in [9.17, 15) is 38.7 Å². The van der Waals surface area contributed by atoms with Gasteiger partial charge in [0.15, 0.2) is 0 Å². The highest BCUT2D eigenvalue weighted by Gasteiger charge is 2.39. The monoisotopic (exact) mass is 761 g/mol. The molecule has 17 heteroatoms. The first-order valence-electron chi connectivity index (χ1n) is 18.3. The van der Waals surface area contributed by atoms with Gasteiger partial charge < -0.3 is 46.9 Å². The fourth-order valence-corrected chi connectivity index (χ4v) is 5.87. The number of benzene rings is 1. The van der Waals surface area contributed by atoms with Crippen LogP contribution in [0.2, 0.25) is 0 Å². The van der Waals surface area contributed by atoms with Gasteiger partial charge in [-0.25, -0.2) is 9.59 Å². The summed E-state index contributed by atoms with van der Waals surface area (Å²) in [6.07, 6.45) is -1.35. The molecule has 1 aliphatic heterocycles. The summed E-state index contributed by atoms with van der Waals surface area (Å²) in [6.45, 7) is 12.1. The van der Waals surface area contributed by atoms with E-state index in [0.29, 0.717) is 31.4 Å². The van der Waals surface area contributed by atoms with Gasteiger partial charge in [-0.3, -0.25) is 28.9 Å². The molecule has 0 spiro atoms. The number of esters is 1. The van der Waals surface area contributed by atoms with Gasteiger partial charge in [0.05, 0.1) is 26.1 Å². The van der Waals surface area contributed by atoms with Crippen LogP contribution in [0.15, 0.2) is 30.3 Å². The number of carbonyl (C=O) groups excluding carboxylic acids is 7. The Balaban J connectivity index is 2.19. The predicted octanol–water partition coefficient (Wildman–Crippen LogP) is 0.226. The molecule has 6 amide bonds. The zero-order valence-corrected chi connectivity index (χ0v) is 32.6. The molecule has 1 aromatic rings. The quantitative estimate of drug-likeness (QED) is 0.0941. The van der Waals surface area contributed by atoms with Crippen LogP contribution < -0.4 is 32.3 Å². The summed E-state index contributed by atoms with van der Waals surface area (Å²) in [5.74, 6) is -4.62. The lowest BCUT2D eigenvalue weighted by Gasteiger charge is -2.32. The molecule has 302 valence electrons. The summed E-state index contributed by atoms with van der Waals surface area (Å²) < 4.78 is 10.1. The van der Waals surface area contributed by atoms with Gasteiger partial charge in [0, 0.05) is 13.0 Å². The van der Waals surface area contributed by atoms with Crippen LogP contribution in [0.25, 0.3) is 0 Å². The molecule has 0 bridgehead atoms. The van der Waals surface area contributed by atoms with Crippen LogP contribution in [0.3, 0.4) is 0 Å². The molecule has 54 heavy (non-hydrogen) atoms. The number of alkyl carbamates (subject to hydrolysis) is 1. The van der Waals surface area contributed by atoms with Gasteiger partial charge in [-0.2, -0.15) is 0 Å². The van der Waals surface area contributed by atoms with Crippen LogP contribution in [-0.4, -0.2) is 114 Å². The van der Waals surface area contributed by atoms with E-state index >= 15 is 0 Å². The highest BCUT2D eigenvalue weighted by atomic mass is 16.6. The maximum absolute atomic E-state index is 13.6. The predicted molar refractivity (Wildman–Crippen MR) is 198 cm³/mol. The van der Waals surface area contributed by atoms with Crippen molar-refractivity contribution in [2.45, 2.75) is 123 Å². The van der Waals surface area contributed by atoms with Crippen molar-refractivity contribution in [1.82, 2.24) is 31.5 Å². The minimum Gasteiger partial charge on any atom is -0.467 e. The van der Waals surface area contributed by atoms with Crippen LogP contribution in [0, 0.1) is 11.8 Å². The summed E-state index contributed by atoms with van der Waals surface area (Å²) in [5.41, 5.74) is 5.14. The van der Waals surface area contributed by atoms with Crippen molar-refractivity contribution in [3.8, 4) is 0 Å². The van der Waals surface area contributed by atoms with E-state index < -0.39 is 90.1 Å².